The van der Waals surface area contributed by atoms with Gasteiger partial charge < -0.3 is 4.79 Å². The van der Waals surface area contributed by atoms with Crippen molar-refractivity contribution in [3.63, 3.8) is 0 Å². The van der Waals surface area contributed by atoms with E-state index in [0.29, 0.717) is 5.92 Å². The quantitative estimate of drug-likeness (QED) is 0.477. The summed E-state index contributed by atoms with van der Waals surface area (Å²) in [5.74, 6) is 6.80. The maximum Gasteiger partial charge on any atom is 0.123 e. The van der Waals surface area contributed by atoms with Gasteiger partial charge in [0.05, 0.1) is 0 Å². The number of aldehydes is 1. The molecule has 0 aromatic rings. The van der Waals surface area contributed by atoms with E-state index in [2.05, 4.69) is 11.8 Å². The third-order valence-electron chi connectivity index (χ3n) is 3.82. The lowest BCUT2D eigenvalue weighted by Gasteiger charge is -2.09. The number of hydrogen-bond acceptors (Lipinski definition) is 1. The zero-order chi connectivity index (χ0) is 12.9. The van der Waals surface area contributed by atoms with Crippen LogP contribution in [-0.2, 0) is 4.79 Å². The van der Waals surface area contributed by atoms with Gasteiger partial charge in [-0.1, -0.05) is 44.9 Å². The lowest BCUT2D eigenvalue weighted by molar-refractivity contribution is -0.111. The van der Waals surface area contributed by atoms with Crippen LogP contribution < -0.4 is 0 Å². The Hall–Kier alpha value is -0.770. The average molecular weight is 248 g/mol. The van der Waals surface area contributed by atoms with Gasteiger partial charge in [-0.15, -0.1) is 11.8 Å². The Bertz CT molecular complexity index is 259. The van der Waals surface area contributed by atoms with Crippen LogP contribution in [0.15, 0.2) is 0 Å². The zero-order valence-electron chi connectivity index (χ0n) is 11.8. The van der Waals surface area contributed by atoms with E-state index in [0.717, 1.165) is 38.4 Å². The van der Waals surface area contributed by atoms with Crippen LogP contribution in [0.1, 0.15) is 83.5 Å². The molecular weight excluding hydrogens is 220 g/mol. The predicted octanol–water partition coefficient (Wildman–Crippen LogP) is 4.89. The summed E-state index contributed by atoms with van der Waals surface area (Å²) >= 11 is 0. The predicted molar refractivity (Wildman–Crippen MR) is 77.4 cm³/mol. The minimum atomic E-state index is 0.291. The second-order valence-corrected chi connectivity index (χ2v) is 5.51. The van der Waals surface area contributed by atoms with Crippen molar-refractivity contribution in [2.75, 3.05) is 0 Å². The van der Waals surface area contributed by atoms with Crippen molar-refractivity contribution in [2.45, 2.75) is 83.5 Å². The van der Waals surface area contributed by atoms with E-state index in [4.69, 9.17) is 0 Å². The molecule has 0 heterocycles. The topological polar surface area (TPSA) is 17.1 Å². The largest absolute Gasteiger partial charge is 0.303 e. The number of rotatable bonds is 1. The van der Waals surface area contributed by atoms with E-state index in [-0.39, 0.29) is 0 Å². The summed E-state index contributed by atoms with van der Waals surface area (Å²) < 4.78 is 0. The molecule has 0 radical (unpaired) electrons. The maximum absolute atomic E-state index is 11.0. The fourth-order valence-electron chi connectivity index (χ4n) is 2.59. The molecule has 18 heavy (non-hydrogen) atoms. The van der Waals surface area contributed by atoms with Gasteiger partial charge in [0.2, 0.25) is 0 Å². The Balaban J connectivity index is 2.27. The van der Waals surface area contributed by atoms with Gasteiger partial charge >= 0.3 is 0 Å². The molecule has 0 aliphatic heterocycles. The van der Waals surface area contributed by atoms with Gasteiger partial charge in [0.15, 0.2) is 0 Å². The summed E-state index contributed by atoms with van der Waals surface area (Å²) in [6.45, 7) is 0. The first-order valence-corrected chi connectivity index (χ1v) is 7.84. The molecule has 0 saturated carbocycles. The van der Waals surface area contributed by atoms with Crippen LogP contribution >= 0.6 is 0 Å². The molecule has 1 atom stereocenters. The van der Waals surface area contributed by atoms with Gasteiger partial charge in [0.25, 0.3) is 0 Å². The van der Waals surface area contributed by atoms with E-state index in [1.54, 1.807) is 0 Å². The normalized spacial score (nSPS) is 24.8. The van der Waals surface area contributed by atoms with Gasteiger partial charge in [-0.05, 0) is 25.7 Å². The molecule has 1 unspecified atom stereocenters. The summed E-state index contributed by atoms with van der Waals surface area (Å²) in [6.07, 6.45) is 17.1. The SMILES string of the molecule is O=CC1CCCC#CCCCCCCCCCC1. The maximum atomic E-state index is 11.0. The lowest BCUT2D eigenvalue weighted by Crippen LogP contribution is -2.02. The van der Waals surface area contributed by atoms with Crippen molar-refractivity contribution in [2.24, 2.45) is 5.92 Å². The van der Waals surface area contributed by atoms with Gasteiger partial charge in [0.1, 0.15) is 6.29 Å². The fraction of sp³-hybridized carbons (Fsp3) is 0.824. The molecule has 0 N–H and O–H groups in total. The summed E-state index contributed by atoms with van der Waals surface area (Å²) in [4.78, 5) is 11.0. The monoisotopic (exact) mass is 248 g/mol. The van der Waals surface area contributed by atoms with E-state index < -0.39 is 0 Å². The number of carbonyl (C=O) groups is 1. The van der Waals surface area contributed by atoms with E-state index in [1.165, 1.54) is 51.4 Å². The van der Waals surface area contributed by atoms with Crippen molar-refractivity contribution >= 4 is 6.29 Å². The smallest absolute Gasteiger partial charge is 0.123 e. The molecular formula is C17H28O. The summed E-state index contributed by atoms with van der Waals surface area (Å²) in [5.41, 5.74) is 0. The van der Waals surface area contributed by atoms with Crippen LogP contribution in [0.4, 0.5) is 0 Å². The van der Waals surface area contributed by atoms with E-state index in [9.17, 15) is 4.79 Å². The van der Waals surface area contributed by atoms with E-state index in [1.807, 2.05) is 0 Å². The standard InChI is InChI=1S/C17H28O/c18-16-17-14-12-10-8-6-4-2-1-3-5-7-9-11-13-15-17/h16-17H,1-6,8,10-15H2. The molecule has 0 aromatic heterocycles. The molecule has 0 spiro atoms. The minimum Gasteiger partial charge on any atom is -0.303 e. The van der Waals surface area contributed by atoms with Crippen molar-refractivity contribution in [3.05, 3.63) is 0 Å². The number of carbonyl (C=O) groups excluding carboxylic acids is 1. The minimum absolute atomic E-state index is 0.291. The van der Waals surface area contributed by atoms with Crippen LogP contribution in [0.3, 0.4) is 0 Å². The Labute approximate surface area is 113 Å². The number of hydrogen-bond donors (Lipinski definition) is 0. The third-order valence-corrected chi connectivity index (χ3v) is 3.82. The molecule has 1 aliphatic carbocycles. The first kappa shape index (κ1) is 15.3. The summed E-state index contributed by atoms with van der Waals surface area (Å²) in [5, 5.41) is 0. The average Bonchev–Trinajstić information content (AvgIpc) is 2.39. The van der Waals surface area contributed by atoms with Crippen molar-refractivity contribution < 1.29 is 4.79 Å². The summed E-state index contributed by atoms with van der Waals surface area (Å²) in [7, 11) is 0. The fourth-order valence-corrected chi connectivity index (χ4v) is 2.59. The van der Waals surface area contributed by atoms with Gasteiger partial charge in [0, 0.05) is 18.8 Å². The molecule has 0 saturated heterocycles. The molecule has 1 nitrogen and oxygen atoms in total. The molecule has 0 fully saturated rings. The van der Waals surface area contributed by atoms with Crippen LogP contribution in [0.25, 0.3) is 0 Å². The van der Waals surface area contributed by atoms with Crippen LogP contribution in [0.5, 0.6) is 0 Å². The Morgan fingerprint density at radius 2 is 1.17 bits per heavy atom. The van der Waals surface area contributed by atoms with Crippen molar-refractivity contribution in [1.29, 1.82) is 0 Å². The van der Waals surface area contributed by atoms with Crippen molar-refractivity contribution in [3.8, 4) is 11.8 Å². The molecule has 0 amide bonds. The van der Waals surface area contributed by atoms with Crippen LogP contribution in [-0.4, -0.2) is 6.29 Å². The van der Waals surface area contributed by atoms with E-state index >= 15 is 0 Å². The second kappa shape index (κ2) is 11.3. The van der Waals surface area contributed by atoms with Gasteiger partial charge in [-0.3, -0.25) is 0 Å². The molecule has 102 valence electrons. The first-order valence-electron chi connectivity index (χ1n) is 7.84. The Morgan fingerprint density at radius 1 is 0.667 bits per heavy atom. The van der Waals surface area contributed by atoms with Gasteiger partial charge in [-0.25, -0.2) is 0 Å². The van der Waals surface area contributed by atoms with Crippen molar-refractivity contribution in [1.82, 2.24) is 0 Å². The highest BCUT2D eigenvalue weighted by Gasteiger charge is 2.06. The van der Waals surface area contributed by atoms with Crippen LogP contribution in [0.2, 0.25) is 0 Å². The zero-order valence-corrected chi connectivity index (χ0v) is 11.8. The molecule has 1 rings (SSSR count). The highest BCUT2D eigenvalue weighted by molar-refractivity contribution is 5.53. The second-order valence-electron chi connectivity index (χ2n) is 5.51. The Kier molecular flexibility index (Phi) is 9.62. The molecule has 1 heteroatoms. The lowest BCUT2D eigenvalue weighted by atomic mass is 9.96. The summed E-state index contributed by atoms with van der Waals surface area (Å²) in [6, 6.07) is 0. The van der Waals surface area contributed by atoms with Crippen LogP contribution in [0, 0.1) is 17.8 Å². The highest BCUT2D eigenvalue weighted by Crippen LogP contribution is 2.16. The molecule has 0 aromatic carbocycles. The van der Waals surface area contributed by atoms with Gasteiger partial charge in [-0.2, -0.15) is 0 Å². The molecule has 0 bridgehead atoms. The third kappa shape index (κ3) is 8.34. The Morgan fingerprint density at radius 3 is 1.83 bits per heavy atom. The highest BCUT2D eigenvalue weighted by atomic mass is 16.1. The molecule has 1 aliphatic rings. The first-order chi connectivity index (χ1) is 8.93.